The fraction of sp³-hybridized carbons (Fsp3) is 0.290. The number of fused-ring (bicyclic) bond motifs is 5. The Morgan fingerprint density at radius 1 is 0.842 bits per heavy atom. The number of imide groups is 1. The maximum atomic E-state index is 13.5. The number of hydrogen-bond acceptors (Lipinski definition) is 6. The molecule has 7 nitrogen and oxygen atoms in total. The zero-order valence-corrected chi connectivity index (χ0v) is 20.9. The molecule has 1 saturated heterocycles. The van der Waals surface area contributed by atoms with Crippen molar-refractivity contribution < 1.29 is 28.7 Å². The quantitative estimate of drug-likeness (QED) is 0.261. The molecule has 3 aliphatic rings. The summed E-state index contributed by atoms with van der Waals surface area (Å²) >= 11 is 0. The number of benzene rings is 3. The van der Waals surface area contributed by atoms with E-state index in [0.29, 0.717) is 22.9 Å². The van der Waals surface area contributed by atoms with Crippen LogP contribution in [-0.2, 0) is 14.3 Å². The lowest BCUT2D eigenvalue weighted by molar-refractivity contribution is -0.123. The SMILES string of the molecule is COc1cccc(C(=O)COC(=O)c2ccc(N3C(=O)[C@@H]4[C@@H]5C[C@@H]([C@@H]4C3=O)[C@@H](c3ccccc3)C5)cc2)c1. The third-order valence-corrected chi connectivity index (χ3v) is 8.33. The monoisotopic (exact) mass is 509 g/mol. The lowest BCUT2D eigenvalue weighted by atomic mass is 9.73. The molecule has 1 heterocycles. The Balaban J connectivity index is 1.13. The van der Waals surface area contributed by atoms with E-state index < -0.39 is 12.6 Å². The largest absolute Gasteiger partial charge is 0.497 e. The minimum absolute atomic E-state index is 0.141. The third kappa shape index (κ3) is 3.99. The van der Waals surface area contributed by atoms with Gasteiger partial charge in [0.1, 0.15) is 5.75 Å². The van der Waals surface area contributed by atoms with Gasteiger partial charge >= 0.3 is 5.97 Å². The summed E-state index contributed by atoms with van der Waals surface area (Å²) in [5.41, 5.74) is 2.31. The number of ether oxygens (including phenoxy) is 2. The molecular weight excluding hydrogens is 482 g/mol. The number of methoxy groups -OCH3 is 1. The van der Waals surface area contributed by atoms with Crippen LogP contribution in [0.15, 0.2) is 78.9 Å². The van der Waals surface area contributed by atoms with Gasteiger partial charge < -0.3 is 9.47 Å². The molecule has 1 aliphatic heterocycles. The van der Waals surface area contributed by atoms with Gasteiger partial charge in [-0.2, -0.15) is 0 Å². The minimum atomic E-state index is -0.660. The first kappa shape index (κ1) is 24.1. The van der Waals surface area contributed by atoms with Crippen LogP contribution in [0.2, 0.25) is 0 Å². The van der Waals surface area contributed by atoms with Crippen LogP contribution in [0.5, 0.6) is 5.75 Å². The van der Waals surface area contributed by atoms with Gasteiger partial charge in [0.05, 0.1) is 30.2 Å². The molecule has 3 fully saturated rings. The molecular formula is C31H27NO6. The number of esters is 1. The summed E-state index contributed by atoms with van der Waals surface area (Å²) in [6.45, 7) is -0.411. The molecule has 2 aliphatic carbocycles. The second-order valence-electron chi connectivity index (χ2n) is 10.3. The molecule has 7 heteroatoms. The van der Waals surface area contributed by atoms with E-state index in [1.807, 2.05) is 18.2 Å². The van der Waals surface area contributed by atoms with Gasteiger partial charge in [0.2, 0.25) is 11.8 Å². The molecule has 3 aromatic rings. The molecule has 38 heavy (non-hydrogen) atoms. The van der Waals surface area contributed by atoms with Gasteiger partial charge in [-0.25, -0.2) is 4.79 Å². The molecule has 6 rings (SSSR count). The molecule has 2 bridgehead atoms. The molecule has 3 aromatic carbocycles. The van der Waals surface area contributed by atoms with Crippen molar-refractivity contribution in [3.63, 3.8) is 0 Å². The Kier molecular flexibility index (Phi) is 6.06. The second-order valence-corrected chi connectivity index (χ2v) is 10.3. The van der Waals surface area contributed by atoms with Crippen molar-refractivity contribution in [3.8, 4) is 5.75 Å². The summed E-state index contributed by atoms with van der Waals surface area (Å²) in [5, 5.41) is 0. The van der Waals surface area contributed by atoms with E-state index in [1.54, 1.807) is 36.4 Å². The van der Waals surface area contributed by atoms with Crippen molar-refractivity contribution in [2.75, 3.05) is 18.6 Å². The maximum Gasteiger partial charge on any atom is 0.338 e. The minimum Gasteiger partial charge on any atom is -0.497 e. The van der Waals surface area contributed by atoms with Crippen LogP contribution in [0.25, 0.3) is 0 Å². The lowest BCUT2D eigenvalue weighted by Crippen LogP contribution is -2.33. The van der Waals surface area contributed by atoms with Crippen LogP contribution >= 0.6 is 0 Å². The Morgan fingerprint density at radius 3 is 2.32 bits per heavy atom. The number of amides is 2. The van der Waals surface area contributed by atoms with Gasteiger partial charge in [-0.1, -0.05) is 42.5 Å². The number of carbonyl (C=O) groups is 4. The molecule has 192 valence electrons. The number of nitrogens with zero attached hydrogens (tertiary/aromatic N) is 1. The summed E-state index contributed by atoms with van der Waals surface area (Å²) in [6.07, 6.45) is 1.85. The number of hydrogen-bond donors (Lipinski definition) is 0. The van der Waals surface area contributed by atoms with Crippen LogP contribution in [0.1, 0.15) is 45.0 Å². The van der Waals surface area contributed by atoms with Crippen LogP contribution in [0.4, 0.5) is 5.69 Å². The topological polar surface area (TPSA) is 90.0 Å². The Hall–Kier alpha value is -4.26. The van der Waals surface area contributed by atoms with E-state index in [1.165, 1.54) is 29.7 Å². The summed E-state index contributed by atoms with van der Waals surface area (Å²) in [5.74, 6) is -0.626. The third-order valence-electron chi connectivity index (χ3n) is 8.33. The Labute approximate surface area is 220 Å². The van der Waals surface area contributed by atoms with Crippen LogP contribution in [-0.4, -0.2) is 37.3 Å². The van der Waals surface area contributed by atoms with Crippen molar-refractivity contribution in [2.24, 2.45) is 23.7 Å². The fourth-order valence-corrected chi connectivity index (χ4v) is 6.64. The maximum absolute atomic E-state index is 13.5. The van der Waals surface area contributed by atoms with Crippen LogP contribution < -0.4 is 9.64 Å². The van der Waals surface area contributed by atoms with E-state index in [2.05, 4.69) is 12.1 Å². The van der Waals surface area contributed by atoms with E-state index in [9.17, 15) is 19.2 Å². The Bertz CT molecular complexity index is 1420. The number of carbonyl (C=O) groups excluding carboxylic acids is 4. The fourth-order valence-electron chi connectivity index (χ4n) is 6.64. The summed E-state index contributed by atoms with van der Waals surface area (Å²) in [7, 11) is 1.51. The molecule has 0 N–H and O–H groups in total. The lowest BCUT2D eigenvalue weighted by Gasteiger charge is -2.28. The van der Waals surface area contributed by atoms with E-state index >= 15 is 0 Å². The van der Waals surface area contributed by atoms with Crippen molar-refractivity contribution in [2.45, 2.75) is 18.8 Å². The molecule has 0 radical (unpaired) electrons. The van der Waals surface area contributed by atoms with Crippen LogP contribution in [0, 0.1) is 23.7 Å². The molecule has 0 unspecified atom stereocenters. The predicted octanol–water partition coefficient (Wildman–Crippen LogP) is 4.66. The molecule has 5 atom stereocenters. The first-order chi connectivity index (χ1) is 18.5. The highest BCUT2D eigenvalue weighted by atomic mass is 16.5. The highest BCUT2D eigenvalue weighted by Crippen LogP contribution is 2.61. The van der Waals surface area contributed by atoms with Gasteiger partial charge in [-0.3, -0.25) is 19.3 Å². The van der Waals surface area contributed by atoms with Crippen molar-refractivity contribution in [1.82, 2.24) is 0 Å². The zero-order valence-electron chi connectivity index (χ0n) is 20.9. The number of Topliss-reactive ketones (excluding diaryl/α,β-unsaturated/α-hetero) is 1. The van der Waals surface area contributed by atoms with Crippen molar-refractivity contribution in [1.29, 1.82) is 0 Å². The number of rotatable bonds is 7. The van der Waals surface area contributed by atoms with Crippen LogP contribution in [0.3, 0.4) is 0 Å². The standard InChI is InChI=1S/C31H27NO6/c1-37-23-9-5-8-20(14-23)26(33)17-38-31(36)19-10-12-22(13-11-19)32-29(34)27-21-15-24(18-6-3-2-4-7-18)25(16-21)28(27)30(32)35/h2-14,21,24-25,27-28H,15-17H2,1H3/t21-,24+,25+,27+,28-/m0/s1. The second kappa shape index (κ2) is 9.56. The first-order valence-electron chi connectivity index (χ1n) is 12.8. The molecule has 2 amide bonds. The molecule has 0 aromatic heterocycles. The van der Waals surface area contributed by atoms with Gasteiger partial charge in [0.25, 0.3) is 0 Å². The highest BCUT2D eigenvalue weighted by molar-refractivity contribution is 6.22. The highest BCUT2D eigenvalue weighted by Gasteiger charge is 2.64. The normalized spacial score (nSPS) is 25.4. The summed E-state index contributed by atoms with van der Waals surface area (Å²) in [6, 6.07) is 23.1. The van der Waals surface area contributed by atoms with Gasteiger partial charge in [-0.05, 0) is 72.6 Å². The average molecular weight is 510 g/mol. The Morgan fingerprint density at radius 2 is 1.58 bits per heavy atom. The predicted molar refractivity (Wildman–Crippen MR) is 139 cm³/mol. The number of anilines is 1. The van der Waals surface area contributed by atoms with E-state index in [4.69, 9.17) is 9.47 Å². The van der Waals surface area contributed by atoms with Crippen molar-refractivity contribution >= 4 is 29.3 Å². The molecule has 0 spiro atoms. The number of ketones is 1. The van der Waals surface area contributed by atoms with Gasteiger partial charge in [0, 0.05) is 5.56 Å². The van der Waals surface area contributed by atoms with Gasteiger partial charge in [0.15, 0.2) is 12.4 Å². The van der Waals surface area contributed by atoms with E-state index in [-0.39, 0.29) is 46.8 Å². The average Bonchev–Trinajstić information content (AvgIpc) is 3.63. The molecule has 2 saturated carbocycles. The zero-order chi connectivity index (χ0) is 26.4. The first-order valence-corrected chi connectivity index (χ1v) is 12.8. The van der Waals surface area contributed by atoms with E-state index in [0.717, 1.165) is 12.8 Å². The van der Waals surface area contributed by atoms with Gasteiger partial charge in [-0.15, -0.1) is 0 Å². The summed E-state index contributed by atoms with van der Waals surface area (Å²) < 4.78 is 10.3. The smallest absolute Gasteiger partial charge is 0.338 e. The van der Waals surface area contributed by atoms with Crippen molar-refractivity contribution in [3.05, 3.63) is 95.6 Å². The summed E-state index contributed by atoms with van der Waals surface area (Å²) in [4.78, 5) is 53.1.